The van der Waals surface area contributed by atoms with E-state index in [-0.39, 0.29) is 17.6 Å². The van der Waals surface area contributed by atoms with E-state index >= 15 is 0 Å². The van der Waals surface area contributed by atoms with Crippen LogP contribution in [0.25, 0.3) is 0 Å². The molecule has 0 aromatic heterocycles. The lowest BCUT2D eigenvalue weighted by molar-refractivity contribution is 0.373. The molecule has 3 rings (SSSR count). The number of hydrogen-bond donors (Lipinski definition) is 2. The maximum atomic E-state index is 13.2. The van der Waals surface area contributed by atoms with Gasteiger partial charge in [-0.15, -0.1) is 0 Å². The van der Waals surface area contributed by atoms with Gasteiger partial charge < -0.3 is 10.4 Å². The summed E-state index contributed by atoms with van der Waals surface area (Å²) in [5.74, 6) is -0.755. The van der Waals surface area contributed by atoms with Crippen LogP contribution in [0.3, 0.4) is 0 Å². The van der Waals surface area contributed by atoms with Crippen molar-refractivity contribution in [1.29, 1.82) is 0 Å². The zero-order valence-corrected chi connectivity index (χ0v) is 10.8. The summed E-state index contributed by atoms with van der Waals surface area (Å²) in [6, 6.07) is 11.2. The molecule has 1 fully saturated rings. The number of rotatable bonds is 3. The zero-order valence-electron chi connectivity index (χ0n) is 10.8. The average molecular weight is 275 g/mol. The van der Waals surface area contributed by atoms with Crippen LogP contribution in [0, 0.1) is 11.6 Å². The second kappa shape index (κ2) is 5.12. The van der Waals surface area contributed by atoms with Crippen molar-refractivity contribution in [2.45, 2.75) is 24.8 Å². The van der Waals surface area contributed by atoms with Crippen molar-refractivity contribution in [2.24, 2.45) is 0 Å². The summed E-state index contributed by atoms with van der Waals surface area (Å²) in [6.07, 6.45) is 1.88. The molecule has 2 N–H and O–H groups in total. The fourth-order valence-electron chi connectivity index (χ4n) is 2.58. The number of aromatic hydroxyl groups is 1. The molecule has 20 heavy (non-hydrogen) atoms. The van der Waals surface area contributed by atoms with Crippen molar-refractivity contribution in [3.8, 4) is 5.75 Å². The standard InChI is InChI=1S/C16H15F2NO/c17-12-3-1-10(2-4-12)11-7-14(8-11)19-13-5-6-16(20)15(18)9-13/h1-6,9,11,14,19-20H,7-8H2. The lowest BCUT2D eigenvalue weighted by atomic mass is 9.76. The van der Waals surface area contributed by atoms with E-state index in [0.29, 0.717) is 11.6 Å². The Hall–Kier alpha value is -2.10. The van der Waals surface area contributed by atoms with Gasteiger partial charge in [-0.25, -0.2) is 8.78 Å². The van der Waals surface area contributed by atoms with E-state index in [0.717, 1.165) is 18.4 Å². The summed E-state index contributed by atoms with van der Waals surface area (Å²) >= 11 is 0. The van der Waals surface area contributed by atoms with Gasteiger partial charge in [-0.1, -0.05) is 12.1 Å². The number of hydrogen-bond acceptors (Lipinski definition) is 2. The van der Waals surface area contributed by atoms with Crippen molar-refractivity contribution in [2.75, 3.05) is 5.32 Å². The third-order valence-corrected chi connectivity index (χ3v) is 3.80. The fourth-order valence-corrected chi connectivity index (χ4v) is 2.58. The van der Waals surface area contributed by atoms with Gasteiger partial charge in [0.05, 0.1) is 0 Å². The number of nitrogens with one attached hydrogen (secondary N) is 1. The van der Waals surface area contributed by atoms with Crippen LogP contribution in [0.1, 0.15) is 24.3 Å². The Kier molecular flexibility index (Phi) is 3.30. The van der Waals surface area contributed by atoms with Crippen molar-refractivity contribution < 1.29 is 13.9 Å². The monoisotopic (exact) mass is 275 g/mol. The molecule has 1 saturated carbocycles. The van der Waals surface area contributed by atoms with Crippen LogP contribution < -0.4 is 5.32 Å². The number of phenols is 1. The van der Waals surface area contributed by atoms with Gasteiger partial charge in [-0.05, 0) is 48.6 Å². The lowest BCUT2D eigenvalue weighted by Gasteiger charge is -2.37. The molecule has 4 heteroatoms. The van der Waals surface area contributed by atoms with Gasteiger partial charge in [0, 0.05) is 17.8 Å². The molecule has 0 radical (unpaired) electrons. The molecular formula is C16H15F2NO. The Morgan fingerprint density at radius 2 is 1.70 bits per heavy atom. The topological polar surface area (TPSA) is 32.3 Å². The van der Waals surface area contributed by atoms with Crippen molar-refractivity contribution >= 4 is 5.69 Å². The third kappa shape index (κ3) is 2.59. The number of halogens is 2. The van der Waals surface area contributed by atoms with Crippen LogP contribution in [-0.4, -0.2) is 11.1 Å². The molecule has 0 atom stereocenters. The first-order chi connectivity index (χ1) is 9.61. The minimum Gasteiger partial charge on any atom is -0.505 e. The van der Waals surface area contributed by atoms with E-state index in [2.05, 4.69) is 5.32 Å². The zero-order chi connectivity index (χ0) is 14.1. The van der Waals surface area contributed by atoms with Gasteiger partial charge >= 0.3 is 0 Å². The van der Waals surface area contributed by atoms with E-state index in [4.69, 9.17) is 5.11 Å². The number of phenolic OH excluding ortho intramolecular Hbond substituents is 1. The highest BCUT2D eigenvalue weighted by molar-refractivity contribution is 5.48. The molecule has 0 saturated heterocycles. The Bertz CT molecular complexity index is 606. The predicted octanol–water partition coefficient (Wildman–Crippen LogP) is 4.03. The molecule has 1 aliphatic rings. The predicted molar refractivity (Wildman–Crippen MR) is 73.9 cm³/mol. The van der Waals surface area contributed by atoms with E-state index in [1.165, 1.54) is 24.3 Å². The molecule has 0 unspecified atom stereocenters. The molecule has 2 nitrogen and oxygen atoms in total. The van der Waals surface area contributed by atoms with Crippen LogP contribution in [0.2, 0.25) is 0 Å². The minimum atomic E-state index is -0.621. The van der Waals surface area contributed by atoms with Gasteiger partial charge in [0.2, 0.25) is 0 Å². The van der Waals surface area contributed by atoms with Gasteiger partial charge in [-0.2, -0.15) is 0 Å². The minimum absolute atomic E-state index is 0.220. The first-order valence-electron chi connectivity index (χ1n) is 6.62. The molecule has 0 aliphatic heterocycles. The Morgan fingerprint density at radius 1 is 1.00 bits per heavy atom. The van der Waals surface area contributed by atoms with Crippen LogP contribution in [-0.2, 0) is 0 Å². The molecule has 0 amide bonds. The van der Waals surface area contributed by atoms with Crippen LogP contribution in [0.15, 0.2) is 42.5 Å². The van der Waals surface area contributed by atoms with Crippen molar-refractivity contribution in [3.05, 3.63) is 59.7 Å². The van der Waals surface area contributed by atoms with E-state index in [1.54, 1.807) is 6.07 Å². The molecule has 0 bridgehead atoms. The normalized spacial score (nSPS) is 21.3. The smallest absolute Gasteiger partial charge is 0.166 e. The van der Waals surface area contributed by atoms with Gasteiger partial charge in [0.1, 0.15) is 5.82 Å². The first-order valence-corrected chi connectivity index (χ1v) is 6.62. The molecule has 2 aromatic rings. The Balaban J connectivity index is 1.58. The van der Waals surface area contributed by atoms with Gasteiger partial charge in [0.15, 0.2) is 11.6 Å². The lowest BCUT2D eigenvalue weighted by Crippen LogP contribution is -2.34. The van der Waals surface area contributed by atoms with E-state index in [9.17, 15) is 8.78 Å². The summed E-state index contributed by atoms with van der Waals surface area (Å²) in [6.45, 7) is 0. The summed E-state index contributed by atoms with van der Waals surface area (Å²) in [5, 5.41) is 12.4. The van der Waals surface area contributed by atoms with Crippen LogP contribution in [0.5, 0.6) is 5.75 Å². The maximum absolute atomic E-state index is 13.2. The highest BCUT2D eigenvalue weighted by Crippen LogP contribution is 2.38. The quantitative estimate of drug-likeness (QED) is 0.829. The second-order valence-electron chi connectivity index (χ2n) is 5.23. The van der Waals surface area contributed by atoms with Crippen molar-refractivity contribution in [3.63, 3.8) is 0 Å². The third-order valence-electron chi connectivity index (χ3n) is 3.80. The highest BCUT2D eigenvalue weighted by Gasteiger charge is 2.30. The fraction of sp³-hybridized carbons (Fsp3) is 0.250. The average Bonchev–Trinajstić information content (AvgIpc) is 2.39. The molecule has 0 heterocycles. The van der Waals surface area contributed by atoms with E-state index < -0.39 is 5.82 Å². The Morgan fingerprint density at radius 3 is 2.35 bits per heavy atom. The largest absolute Gasteiger partial charge is 0.505 e. The summed E-state index contributed by atoms with van der Waals surface area (Å²) in [7, 11) is 0. The first kappa shape index (κ1) is 12.9. The molecule has 2 aromatic carbocycles. The van der Waals surface area contributed by atoms with Crippen LogP contribution >= 0.6 is 0 Å². The summed E-state index contributed by atoms with van der Waals surface area (Å²) in [5.41, 5.74) is 1.81. The van der Waals surface area contributed by atoms with Crippen molar-refractivity contribution in [1.82, 2.24) is 0 Å². The Labute approximate surface area is 116 Å². The molecule has 104 valence electrons. The van der Waals surface area contributed by atoms with Gasteiger partial charge in [-0.3, -0.25) is 0 Å². The second-order valence-corrected chi connectivity index (χ2v) is 5.23. The summed E-state index contributed by atoms with van der Waals surface area (Å²) < 4.78 is 26.0. The number of anilines is 1. The van der Waals surface area contributed by atoms with Crippen LogP contribution in [0.4, 0.5) is 14.5 Å². The summed E-state index contributed by atoms with van der Waals surface area (Å²) in [4.78, 5) is 0. The number of benzene rings is 2. The molecular weight excluding hydrogens is 260 g/mol. The van der Waals surface area contributed by atoms with E-state index in [1.807, 2.05) is 12.1 Å². The van der Waals surface area contributed by atoms with Gasteiger partial charge in [0.25, 0.3) is 0 Å². The SMILES string of the molecule is Oc1ccc(NC2CC(c3ccc(F)cc3)C2)cc1F. The molecule has 0 spiro atoms. The maximum Gasteiger partial charge on any atom is 0.166 e. The highest BCUT2D eigenvalue weighted by atomic mass is 19.1. The molecule has 1 aliphatic carbocycles.